The van der Waals surface area contributed by atoms with Crippen molar-refractivity contribution in [1.82, 2.24) is 5.32 Å². The van der Waals surface area contributed by atoms with E-state index in [2.05, 4.69) is 5.32 Å². The molecule has 2 aromatic carbocycles. The van der Waals surface area contributed by atoms with Gasteiger partial charge in [-0.2, -0.15) is 0 Å². The topological polar surface area (TPSA) is 75.7 Å². The summed E-state index contributed by atoms with van der Waals surface area (Å²) in [6, 6.07) is 12.4. The number of urea groups is 1. The molecule has 138 valence electrons. The molecule has 27 heavy (non-hydrogen) atoms. The van der Waals surface area contributed by atoms with Gasteiger partial charge >= 0.3 is 6.03 Å². The third-order valence-corrected chi connectivity index (χ3v) is 3.97. The minimum atomic E-state index is -0.815. The van der Waals surface area contributed by atoms with Gasteiger partial charge in [0.15, 0.2) is 0 Å². The zero-order chi connectivity index (χ0) is 19.6. The summed E-state index contributed by atoms with van der Waals surface area (Å²) in [5.74, 6) is -0.776. The summed E-state index contributed by atoms with van der Waals surface area (Å²) in [4.78, 5) is 38.0. The van der Waals surface area contributed by atoms with Gasteiger partial charge in [-0.1, -0.05) is 29.8 Å². The van der Waals surface area contributed by atoms with Gasteiger partial charge in [0.05, 0.1) is 11.8 Å². The fourth-order valence-electron chi connectivity index (χ4n) is 2.59. The van der Waals surface area contributed by atoms with Crippen LogP contribution in [0.25, 0.3) is 6.08 Å². The first-order chi connectivity index (χ1) is 12.8. The van der Waals surface area contributed by atoms with Crippen LogP contribution in [0.15, 0.2) is 54.1 Å². The first-order valence-corrected chi connectivity index (χ1v) is 8.66. The maximum atomic E-state index is 12.8. The van der Waals surface area contributed by atoms with Gasteiger partial charge in [0.2, 0.25) is 0 Å². The average molecular weight is 385 g/mol. The van der Waals surface area contributed by atoms with Gasteiger partial charge in [-0.3, -0.25) is 14.9 Å². The summed E-state index contributed by atoms with van der Waals surface area (Å²) in [6.45, 7) is 3.84. The van der Waals surface area contributed by atoms with Crippen LogP contribution in [0.1, 0.15) is 19.4 Å². The number of carbonyl (C=O) groups excluding carboxylic acids is 3. The van der Waals surface area contributed by atoms with E-state index in [1.165, 1.54) is 12.1 Å². The van der Waals surface area contributed by atoms with Crippen LogP contribution in [-0.2, 0) is 9.59 Å². The number of halogens is 1. The minimum Gasteiger partial charge on any atom is -0.491 e. The number of rotatable bonds is 4. The van der Waals surface area contributed by atoms with Crippen LogP contribution in [0.5, 0.6) is 5.75 Å². The lowest BCUT2D eigenvalue weighted by Crippen LogP contribution is -2.54. The second kappa shape index (κ2) is 7.63. The molecule has 1 heterocycles. The molecule has 6 nitrogen and oxygen atoms in total. The van der Waals surface area contributed by atoms with Crippen molar-refractivity contribution in [2.45, 2.75) is 20.0 Å². The maximum absolute atomic E-state index is 12.8. The Morgan fingerprint density at radius 3 is 2.41 bits per heavy atom. The smallest absolute Gasteiger partial charge is 0.335 e. The van der Waals surface area contributed by atoms with E-state index in [0.717, 1.165) is 4.90 Å². The molecule has 4 amide bonds. The molecule has 1 aliphatic heterocycles. The maximum Gasteiger partial charge on any atom is 0.335 e. The number of nitrogens with zero attached hydrogens (tertiary/aromatic N) is 1. The number of carbonyl (C=O) groups is 3. The number of imide groups is 2. The Morgan fingerprint density at radius 1 is 1.07 bits per heavy atom. The fourth-order valence-corrected chi connectivity index (χ4v) is 2.77. The highest BCUT2D eigenvalue weighted by Gasteiger charge is 2.36. The van der Waals surface area contributed by atoms with Gasteiger partial charge in [-0.25, -0.2) is 9.69 Å². The molecule has 0 saturated carbocycles. The number of amides is 4. The molecule has 1 saturated heterocycles. The zero-order valence-electron chi connectivity index (χ0n) is 14.7. The van der Waals surface area contributed by atoms with Crippen LogP contribution in [0, 0.1) is 0 Å². The molecule has 3 rings (SSSR count). The molecule has 0 spiro atoms. The molecule has 0 unspecified atom stereocenters. The predicted octanol–water partition coefficient (Wildman–Crippen LogP) is 3.79. The molecule has 1 N–H and O–H groups in total. The van der Waals surface area contributed by atoms with E-state index in [-0.39, 0.29) is 17.4 Å². The second-order valence-corrected chi connectivity index (χ2v) is 6.61. The standard InChI is InChI=1S/C20H17ClN2O4/c1-12(2)27-16-8-6-13(7-9-16)10-17-18(24)22-20(26)23(19(17)25)15-5-3-4-14(21)11-15/h3-12H,1-2H3,(H,22,24,26)/b17-10+. The largest absolute Gasteiger partial charge is 0.491 e. The van der Waals surface area contributed by atoms with Crippen LogP contribution in [0.2, 0.25) is 5.02 Å². The van der Waals surface area contributed by atoms with Crippen LogP contribution >= 0.6 is 11.6 Å². The van der Waals surface area contributed by atoms with E-state index in [4.69, 9.17) is 16.3 Å². The zero-order valence-corrected chi connectivity index (χ0v) is 15.5. The molecule has 2 aromatic rings. The van der Waals surface area contributed by atoms with Gasteiger partial charge in [0.1, 0.15) is 11.3 Å². The lowest BCUT2D eigenvalue weighted by molar-refractivity contribution is -0.122. The van der Waals surface area contributed by atoms with Crippen molar-refractivity contribution in [2.24, 2.45) is 0 Å². The third kappa shape index (κ3) is 4.17. The van der Waals surface area contributed by atoms with E-state index in [1.807, 2.05) is 13.8 Å². The Morgan fingerprint density at radius 2 is 1.78 bits per heavy atom. The Labute approximate surface area is 161 Å². The van der Waals surface area contributed by atoms with Gasteiger partial charge in [-0.05, 0) is 55.8 Å². The van der Waals surface area contributed by atoms with E-state index in [0.29, 0.717) is 16.3 Å². The van der Waals surface area contributed by atoms with Crippen molar-refractivity contribution in [3.63, 3.8) is 0 Å². The van der Waals surface area contributed by atoms with Crippen molar-refractivity contribution in [3.05, 3.63) is 64.7 Å². The van der Waals surface area contributed by atoms with Gasteiger partial charge in [0.25, 0.3) is 11.8 Å². The molecule has 0 aromatic heterocycles. The van der Waals surface area contributed by atoms with Crippen molar-refractivity contribution < 1.29 is 19.1 Å². The summed E-state index contributed by atoms with van der Waals surface area (Å²) >= 11 is 5.94. The molecule has 7 heteroatoms. The Kier molecular flexibility index (Phi) is 5.28. The average Bonchev–Trinajstić information content (AvgIpc) is 2.59. The Balaban J connectivity index is 1.92. The molecule has 1 fully saturated rings. The number of nitrogens with one attached hydrogen (secondary N) is 1. The van der Waals surface area contributed by atoms with Crippen molar-refractivity contribution in [1.29, 1.82) is 0 Å². The van der Waals surface area contributed by atoms with Crippen LogP contribution in [-0.4, -0.2) is 23.9 Å². The Hall–Kier alpha value is -3.12. The summed E-state index contributed by atoms with van der Waals surface area (Å²) in [6.07, 6.45) is 1.47. The van der Waals surface area contributed by atoms with Crippen molar-refractivity contribution in [3.8, 4) is 5.75 Å². The van der Waals surface area contributed by atoms with Crippen molar-refractivity contribution in [2.75, 3.05) is 4.90 Å². The number of hydrogen-bond donors (Lipinski definition) is 1. The highest BCUT2D eigenvalue weighted by molar-refractivity contribution is 6.39. The number of hydrogen-bond acceptors (Lipinski definition) is 4. The summed E-state index contributed by atoms with van der Waals surface area (Å²) in [5, 5.41) is 2.55. The molecule has 0 bridgehead atoms. The number of ether oxygens (including phenoxy) is 1. The predicted molar refractivity (Wildman–Crippen MR) is 103 cm³/mol. The van der Waals surface area contributed by atoms with Gasteiger partial charge < -0.3 is 4.74 Å². The number of barbiturate groups is 1. The minimum absolute atomic E-state index is 0.0390. The fraction of sp³-hybridized carbons (Fsp3) is 0.150. The molecular formula is C20H17ClN2O4. The van der Waals surface area contributed by atoms with E-state index >= 15 is 0 Å². The lowest BCUT2D eigenvalue weighted by atomic mass is 10.1. The van der Waals surface area contributed by atoms with E-state index in [1.54, 1.807) is 42.5 Å². The van der Waals surface area contributed by atoms with Crippen LogP contribution in [0.4, 0.5) is 10.5 Å². The van der Waals surface area contributed by atoms with E-state index in [9.17, 15) is 14.4 Å². The lowest BCUT2D eigenvalue weighted by Gasteiger charge is -2.26. The van der Waals surface area contributed by atoms with Gasteiger partial charge in [-0.15, -0.1) is 0 Å². The normalized spacial score (nSPS) is 16.1. The molecule has 0 aliphatic carbocycles. The monoisotopic (exact) mass is 384 g/mol. The summed E-state index contributed by atoms with van der Waals surface area (Å²) in [7, 11) is 0. The summed E-state index contributed by atoms with van der Waals surface area (Å²) < 4.78 is 5.57. The van der Waals surface area contributed by atoms with Crippen LogP contribution < -0.4 is 15.0 Å². The first-order valence-electron chi connectivity index (χ1n) is 8.29. The molecule has 1 aliphatic rings. The van der Waals surface area contributed by atoms with E-state index < -0.39 is 17.8 Å². The highest BCUT2D eigenvalue weighted by Crippen LogP contribution is 2.25. The first kappa shape index (κ1) is 18.7. The quantitative estimate of drug-likeness (QED) is 0.642. The molecule has 0 atom stereocenters. The van der Waals surface area contributed by atoms with Gasteiger partial charge in [0, 0.05) is 5.02 Å². The number of benzene rings is 2. The third-order valence-electron chi connectivity index (χ3n) is 3.73. The highest BCUT2D eigenvalue weighted by atomic mass is 35.5. The SMILES string of the molecule is CC(C)Oc1ccc(/C=C2\C(=O)NC(=O)N(c3cccc(Cl)c3)C2=O)cc1. The molecular weight excluding hydrogens is 368 g/mol. The number of anilines is 1. The van der Waals surface area contributed by atoms with Crippen molar-refractivity contribution >= 4 is 41.2 Å². The molecule has 0 radical (unpaired) electrons. The summed E-state index contributed by atoms with van der Waals surface area (Å²) in [5.41, 5.74) is 0.765. The Bertz CT molecular complexity index is 935. The van der Waals surface area contributed by atoms with Crippen LogP contribution in [0.3, 0.4) is 0 Å². The second-order valence-electron chi connectivity index (χ2n) is 6.17.